The molecule has 0 saturated heterocycles. The van der Waals surface area contributed by atoms with E-state index in [0.717, 1.165) is 17.0 Å². The lowest BCUT2D eigenvalue weighted by molar-refractivity contribution is 0.0151. The highest BCUT2D eigenvalue weighted by atomic mass is 16.3. The van der Waals surface area contributed by atoms with E-state index in [1.54, 1.807) is 0 Å². The van der Waals surface area contributed by atoms with E-state index in [1.165, 1.54) is 0 Å². The van der Waals surface area contributed by atoms with Crippen LogP contribution in [0.5, 0.6) is 0 Å². The van der Waals surface area contributed by atoms with E-state index in [0.29, 0.717) is 13.1 Å². The van der Waals surface area contributed by atoms with Gasteiger partial charge in [0, 0.05) is 23.9 Å². The highest BCUT2D eigenvalue weighted by Crippen LogP contribution is 2.24. The normalized spacial score (nSPS) is 13.3. The van der Waals surface area contributed by atoms with Crippen molar-refractivity contribution in [2.75, 3.05) is 6.54 Å². The third-order valence-corrected chi connectivity index (χ3v) is 4.31. The third-order valence-electron chi connectivity index (χ3n) is 4.31. The molecule has 1 atom stereocenters. The van der Waals surface area contributed by atoms with Crippen LogP contribution in [0.2, 0.25) is 0 Å². The summed E-state index contributed by atoms with van der Waals surface area (Å²) >= 11 is 0. The van der Waals surface area contributed by atoms with E-state index < -0.39 is 6.10 Å². The number of aliphatic hydroxyl groups is 1. The Morgan fingerprint density at radius 2 is 2.04 bits per heavy atom. The summed E-state index contributed by atoms with van der Waals surface area (Å²) in [4.78, 5) is 16.5. The van der Waals surface area contributed by atoms with Crippen LogP contribution in [0.25, 0.3) is 5.65 Å². The predicted octanol–water partition coefficient (Wildman–Crippen LogP) is 2.49. The van der Waals surface area contributed by atoms with Gasteiger partial charge in [0.1, 0.15) is 5.65 Å². The standard InChI is InChI=1S/C18H28N4O2/c1-12(2)16(23)18(4,5)11-20-17(24)19-9-14-10-22-13(3)7-6-8-15(22)21-14/h6-8,10,12,16,23H,9,11H2,1-5H3,(H2,19,20,24). The first-order valence-corrected chi connectivity index (χ1v) is 8.34. The van der Waals surface area contributed by atoms with Crippen LogP contribution in [0.4, 0.5) is 4.79 Å². The molecule has 0 fully saturated rings. The summed E-state index contributed by atoms with van der Waals surface area (Å²) in [5.41, 5.74) is 2.39. The van der Waals surface area contributed by atoms with Gasteiger partial charge in [-0.25, -0.2) is 9.78 Å². The lowest BCUT2D eigenvalue weighted by atomic mass is 9.81. The fourth-order valence-electron chi connectivity index (χ4n) is 2.83. The number of hydrogen-bond acceptors (Lipinski definition) is 3. The number of imidazole rings is 1. The maximum Gasteiger partial charge on any atom is 0.315 e. The highest BCUT2D eigenvalue weighted by Gasteiger charge is 2.30. The molecule has 2 heterocycles. The minimum absolute atomic E-state index is 0.145. The van der Waals surface area contributed by atoms with Crippen molar-refractivity contribution in [3.8, 4) is 0 Å². The van der Waals surface area contributed by atoms with Gasteiger partial charge in [0.25, 0.3) is 0 Å². The van der Waals surface area contributed by atoms with Crippen molar-refractivity contribution < 1.29 is 9.90 Å². The van der Waals surface area contributed by atoms with Gasteiger partial charge in [-0.05, 0) is 25.0 Å². The molecule has 0 radical (unpaired) electrons. The molecule has 3 N–H and O–H groups in total. The number of amides is 2. The number of pyridine rings is 1. The summed E-state index contributed by atoms with van der Waals surface area (Å²) in [6.45, 7) is 10.6. The molecule has 24 heavy (non-hydrogen) atoms. The average Bonchev–Trinajstić information content (AvgIpc) is 2.94. The monoisotopic (exact) mass is 332 g/mol. The SMILES string of the molecule is Cc1cccc2nc(CNC(=O)NCC(C)(C)C(O)C(C)C)cn12. The zero-order valence-electron chi connectivity index (χ0n) is 15.1. The Bertz CT molecular complexity index is 706. The Morgan fingerprint density at radius 3 is 2.67 bits per heavy atom. The Labute approximate surface area is 143 Å². The number of urea groups is 1. The first-order valence-electron chi connectivity index (χ1n) is 8.34. The van der Waals surface area contributed by atoms with Gasteiger partial charge >= 0.3 is 6.03 Å². The van der Waals surface area contributed by atoms with E-state index in [2.05, 4.69) is 15.6 Å². The zero-order valence-corrected chi connectivity index (χ0v) is 15.1. The average molecular weight is 332 g/mol. The summed E-state index contributed by atoms with van der Waals surface area (Å²) in [7, 11) is 0. The number of fused-ring (bicyclic) bond motifs is 1. The summed E-state index contributed by atoms with van der Waals surface area (Å²) in [6, 6.07) is 5.66. The van der Waals surface area contributed by atoms with Gasteiger partial charge in [-0.15, -0.1) is 0 Å². The van der Waals surface area contributed by atoms with Crippen LogP contribution in [0.3, 0.4) is 0 Å². The number of aromatic nitrogens is 2. The number of aliphatic hydroxyl groups excluding tert-OH is 1. The molecule has 0 saturated carbocycles. The van der Waals surface area contributed by atoms with Crippen molar-refractivity contribution in [2.45, 2.75) is 47.3 Å². The molecule has 2 aromatic rings. The minimum atomic E-state index is -0.473. The van der Waals surface area contributed by atoms with Gasteiger partial charge in [-0.3, -0.25) is 0 Å². The molecule has 6 heteroatoms. The van der Waals surface area contributed by atoms with Crippen LogP contribution < -0.4 is 10.6 Å². The van der Waals surface area contributed by atoms with Crippen LogP contribution in [-0.2, 0) is 6.54 Å². The fraction of sp³-hybridized carbons (Fsp3) is 0.556. The van der Waals surface area contributed by atoms with Gasteiger partial charge in [0.2, 0.25) is 0 Å². The molecule has 0 aliphatic heterocycles. The van der Waals surface area contributed by atoms with Gasteiger partial charge in [0.05, 0.1) is 18.3 Å². The highest BCUT2D eigenvalue weighted by molar-refractivity contribution is 5.73. The third kappa shape index (κ3) is 4.26. The fourth-order valence-corrected chi connectivity index (χ4v) is 2.83. The summed E-state index contributed by atoms with van der Waals surface area (Å²) in [5, 5.41) is 15.8. The van der Waals surface area contributed by atoms with Crippen LogP contribution >= 0.6 is 0 Å². The van der Waals surface area contributed by atoms with Crippen molar-refractivity contribution in [3.05, 3.63) is 35.8 Å². The van der Waals surface area contributed by atoms with E-state index >= 15 is 0 Å². The largest absolute Gasteiger partial charge is 0.392 e. The molecule has 0 aliphatic carbocycles. The van der Waals surface area contributed by atoms with Crippen molar-refractivity contribution in [1.29, 1.82) is 0 Å². The summed E-state index contributed by atoms with van der Waals surface area (Å²) in [5.74, 6) is 0.145. The number of nitrogens with one attached hydrogen (secondary N) is 2. The molecule has 6 nitrogen and oxygen atoms in total. The minimum Gasteiger partial charge on any atom is -0.392 e. The Kier molecular flexibility index (Phi) is 5.49. The first-order chi connectivity index (χ1) is 11.2. The van der Waals surface area contributed by atoms with Crippen molar-refractivity contribution >= 4 is 11.7 Å². The quantitative estimate of drug-likeness (QED) is 0.760. The molecule has 1 unspecified atom stereocenters. The number of aryl methyl sites for hydroxylation is 1. The summed E-state index contributed by atoms with van der Waals surface area (Å²) in [6.07, 6.45) is 1.46. The second-order valence-electron chi connectivity index (χ2n) is 7.34. The molecule has 2 rings (SSSR count). The zero-order chi connectivity index (χ0) is 17.9. The smallest absolute Gasteiger partial charge is 0.315 e. The van der Waals surface area contributed by atoms with E-state index in [1.807, 2.05) is 63.4 Å². The van der Waals surface area contributed by atoms with Gasteiger partial charge in [-0.1, -0.05) is 33.8 Å². The lowest BCUT2D eigenvalue weighted by Gasteiger charge is -2.33. The lowest BCUT2D eigenvalue weighted by Crippen LogP contribution is -2.46. The topological polar surface area (TPSA) is 78.7 Å². The predicted molar refractivity (Wildman–Crippen MR) is 94.8 cm³/mol. The number of carbonyl (C=O) groups is 1. The second-order valence-corrected chi connectivity index (χ2v) is 7.34. The van der Waals surface area contributed by atoms with Crippen molar-refractivity contribution in [1.82, 2.24) is 20.0 Å². The summed E-state index contributed by atoms with van der Waals surface area (Å²) < 4.78 is 2.00. The number of nitrogens with zero attached hydrogens (tertiary/aromatic N) is 2. The number of hydrogen-bond donors (Lipinski definition) is 3. The Morgan fingerprint density at radius 1 is 1.33 bits per heavy atom. The molecule has 0 aromatic carbocycles. The van der Waals surface area contributed by atoms with E-state index in [-0.39, 0.29) is 17.4 Å². The maximum absolute atomic E-state index is 12.0. The van der Waals surface area contributed by atoms with Crippen LogP contribution in [0, 0.1) is 18.3 Å². The van der Waals surface area contributed by atoms with Crippen molar-refractivity contribution in [2.24, 2.45) is 11.3 Å². The van der Waals surface area contributed by atoms with Gasteiger partial charge in [0.15, 0.2) is 0 Å². The van der Waals surface area contributed by atoms with E-state index in [4.69, 9.17) is 0 Å². The van der Waals surface area contributed by atoms with Gasteiger partial charge < -0.3 is 20.1 Å². The van der Waals surface area contributed by atoms with Gasteiger partial charge in [-0.2, -0.15) is 0 Å². The molecule has 2 amide bonds. The van der Waals surface area contributed by atoms with Crippen LogP contribution in [0.15, 0.2) is 24.4 Å². The van der Waals surface area contributed by atoms with Crippen molar-refractivity contribution in [3.63, 3.8) is 0 Å². The second kappa shape index (κ2) is 7.21. The van der Waals surface area contributed by atoms with Crippen LogP contribution in [0.1, 0.15) is 39.1 Å². The molecule has 0 aliphatic rings. The Balaban J connectivity index is 1.87. The number of carbonyl (C=O) groups excluding carboxylic acids is 1. The van der Waals surface area contributed by atoms with E-state index in [9.17, 15) is 9.90 Å². The molecule has 132 valence electrons. The molecular weight excluding hydrogens is 304 g/mol. The molecule has 0 spiro atoms. The Hall–Kier alpha value is -2.08. The molecule has 2 aromatic heterocycles. The maximum atomic E-state index is 12.0. The molecule has 0 bridgehead atoms. The number of rotatable bonds is 6. The first kappa shape index (κ1) is 18.3. The molecular formula is C18H28N4O2. The van der Waals surface area contributed by atoms with Crippen LogP contribution in [-0.4, -0.2) is 33.2 Å².